The molecule has 0 aliphatic carbocycles. The summed E-state index contributed by atoms with van der Waals surface area (Å²) in [6.45, 7) is 15.1. The van der Waals surface area contributed by atoms with Crippen molar-refractivity contribution in [1.29, 1.82) is 0 Å². The topological polar surface area (TPSA) is 191 Å². The van der Waals surface area contributed by atoms with Crippen LogP contribution >= 0.6 is 22.1 Å². The Bertz CT molecular complexity index is 845. The van der Waals surface area contributed by atoms with E-state index in [0.29, 0.717) is 12.8 Å². The summed E-state index contributed by atoms with van der Waals surface area (Å²) >= 11 is 0. The third kappa shape index (κ3) is 36.9. The molecule has 0 aliphatic rings. The first-order chi connectivity index (χ1) is 15.7. The number of rotatable bonds is 13. The van der Waals surface area contributed by atoms with Gasteiger partial charge in [0.15, 0.2) is 13.7 Å². The van der Waals surface area contributed by atoms with Crippen molar-refractivity contribution >= 4 is 40.0 Å². The summed E-state index contributed by atoms with van der Waals surface area (Å²) in [6.07, 6.45) is 3.13. The van der Waals surface area contributed by atoms with Gasteiger partial charge >= 0.3 is 17.9 Å². The highest BCUT2D eigenvalue weighted by molar-refractivity contribution is 7.57. The summed E-state index contributed by atoms with van der Waals surface area (Å²) in [7, 11) is -9.18. The van der Waals surface area contributed by atoms with Crippen molar-refractivity contribution < 1.29 is 57.0 Å². The third-order valence-electron chi connectivity index (χ3n) is 3.08. The first-order valence-electron chi connectivity index (χ1n) is 10.0. The van der Waals surface area contributed by atoms with E-state index in [1.54, 1.807) is 0 Å². The van der Waals surface area contributed by atoms with E-state index in [1.807, 2.05) is 0 Å². The number of hydrogen-bond acceptors (Lipinski definition) is 9. The van der Waals surface area contributed by atoms with Crippen molar-refractivity contribution in [2.24, 2.45) is 0 Å². The van der Waals surface area contributed by atoms with Crippen molar-refractivity contribution in [2.45, 2.75) is 19.8 Å². The molecule has 3 atom stereocenters. The molecule has 12 nitrogen and oxygen atoms in total. The van der Waals surface area contributed by atoms with Crippen molar-refractivity contribution in [3.05, 3.63) is 37.5 Å². The summed E-state index contributed by atoms with van der Waals surface area (Å²) in [6, 6.07) is 0. The third-order valence-corrected chi connectivity index (χ3v) is 5.85. The largest absolute Gasteiger partial charge is 0.463 e. The molecular formula is C20H37O12P3. The minimum Gasteiger partial charge on any atom is -0.463 e. The van der Waals surface area contributed by atoms with E-state index in [1.165, 1.54) is 20.3 Å². The molecule has 0 saturated carbocycles. The van der Waals surface area contributed by atoms with E-state index in [2.05, 4.69) is 33.9 Å². The molecule has 0 aromatic heterocycles. The molecule has 0 heterocycles. The number of carbonyl (C=O) groups is 3. The van der Waals surface area contributed by atoms with Gasteiger partial charge in [0.2, 0.25) is 14.7 Å². The second-order valence-electron chi connectivity index (χ2n) is 7.39. The van der Waals surface area contributed by atoms with Gasteiger partial charge in [-0.2, -0.15) is 0 Å². The van der Waals surface area contributed by atoms with E-state index < -0.39 is 46.4 Å². The zero-order valence-electron chi connectivity index (χ0n) is 20.6. The quantitative estimate of drug-likeness (QED) is 0.0979. The van der Waals surface area contributed by atoms with E-state index in [0.717, 1.165) is 18.8 Å². The van der Waals surface area contributed by atoms with Crippen LogP contribution in [-0.4, -0.2) is 84.5 Å². The highest BCUT2D eigenvalue weighted by atomic mass is 31.2. The van der Waals surface area contributed by atoms with Crippen LogP contribution in [0.25, 0.3) is 0 Å². The molecule has 0 fully saturated rings. The van der Waals surface area contributed by atoms with Gasteiger partial charge in [-0.15, -0.1) is 0 Å². The Hall–Kier alpha value is -1.80. The molecule has 0 aromatic rings. The highest BCUT2D eigenvalue weighted by Gasteiger charge is 2.13. The molecule has 204 valence electrons. The molecule has 0 amide bonds. The first kappa shape index (κ1) is 37.7. The standard InChI is InChI=1S/C8H15O4P.2C6H11O4P/c1-3-8(9)12-6-4-5-7-13(2,10)11;1-5(2)6(7)10-4-11(3,8)9;1-3-6(7)10-4-5-11(2,8)9/h3H,1,4-7H2,2H3,(H,10,11);1,4H2,2-3H3,(H,8,9);3H,1,4-5H2,2H3,(H,8,9). The highest BCUT2D eigenvalue weighted by Crippen LogP contribution is 2.36. The smallest absolute Gasteiger partial charge is 0.333 e. The van der Waals surface area contributed by atoms with E-state index in [4.69, 9.17) is 14.7 Å². The Balaban J connectivity index is -0.000000441. The van der Waals surface area contributed by atoms with Crippen LogP contribution in [0.2, 0.25) is 0 Å². The van der Waals surface area contributed by atoms with Crippen LogP contribution < -0.4 is 0 Å². The maximum Gasteiger partial charge on any atom is 0.333 e. The SMILES string of the molecule is C=C(C)C(=O)OCP(C)(=O)O.C=CC(=O)OCCCCP(C)(=O)O.C=CC(=O)OCCP(C)(=O)O. The summed E-state index contributed by atoms with van der Waals surface area (Å²) in [5.74, 6) is -1.66. The summed E-state index contributed by atoms with van der Waals surface area (Å²) in [4.78, 5) is 57.9. The lowest BCUT2D eigenvalue weighted by molar-refractivity contribution is -0.138. The monoisotopic (exact) mass is 562 g/mol. The predicted molar refractivity (Wildman–Crippen MR) is 134 cm³/mol. The Morgan fingerprint density at radius 1 is 0.743 bits per heavy atom. The Kier molecular flexibility index (Phi) is 20.9. The van der Waals surface area contributed by atoms with Gasteiger partial charge in [0.1, 0.15) is 6.61 Å². The van der Waals surface area contributed by atoms with Crippen LogP contribution in [0, 0.1) is 0 Å². The zero-order valence-corrected chi connectivity index (χ0v) is 23.3. The molecule has 0 spiro atoms. The normalized spacial score (nSPS) is 14.9. The zero-order chi connectivity index (χ0) is 28.3. The molecule has 0 rings (SSSR count). The number of hydrogen-bond donors (Lipinski definition) is 3. The molecule has 3 unspecified atom stereocenters. The van der Waals surface area contributed by atoms with Crippen molar-refractivity contribution in [3.8, 4) is 0 Å². The number of ether oxygens (including phenoxy) is 3. The molecule has 0 aromatic carbocycles. The molecule has 0 saturated heterocycles. The molecule has 0 radical (unpaired) electrons. The maximum absolute atomic E-state index is 10.8. The van der Waals surface area contributed by atoms with Crippen molar-refractivity contribution in [2.75, 3.05) is 51.9 Å². The summed E-state index contributed by atoms with van der Waals surface area (Å²) in [5.41, 5.74) is 0.221. The van der Waals surface area contributed by atoms with E-state index >= 15 is 0 Å². The van der Waals surface area contributed by atoms with Gasteiger partial charge in [0.25, 0.3) is 0 Å². The van der Waals surface area contributed by atoms with Crippen LogP contribution in [0.1, 0.15) is 19.8 Å². The average Bonchev–Trinajstić information content (AvgIpc) is 2.69. The molecule has 15 heteroatoms. The molecule has 3 N–H and O–H groups in total. The maximum atomic E-state index is 10.8. The minimum atomic E-state index is -3.24. The Morgan fingerprint density at radius 3 is 1.51 bits per heavy atom. The van der Waals surface area contributed by atoms with Gasteiger partial charge < -0.3 is 28.9 Å². The van der Waals surface area contributed by atoms with Gasteiger partial charge in [0.05, 0.1) is 12.8 Å². The van der Waals surface area contributed by atoms with Gasteiger partial charge in [-0.3, -0.25) is 13.7 Å². The fraction of sp³-hybridized carbons (Fsp3) is 0.550. The van der Waals surface area contributed by atoms with Gasteiger partial charge in [-0.05, 0) is 19.8 Å². The minimum absolute atomic E-state index is 0.00736. The van der Waals surface area contributed by atoms with Crippen molar-refractivity contribution in [3.63, 3.8) is 0 Å². The molecular weight excluding hydrogens is 525 g/mol. The van der Waals surface area contributed by atoms with Crippen LogP contribution in [0.4, 0.5) is 0 Å². The predicted octanol–water partition coefficient (Wildman–Crippen LogP) is 2.98. The Labute approximate surface area is 206 Å². The lowest BCUT2D eigenvalue weighted by atomic mass is 10.4. The lowest BCUT2D eigenvalue weighted by Crippen LogP contribution is -2.05. The van der Waals surface area contributed by atoms with Gasteiger partial charge in [-0.1, -0.05) is 19.7 Å². The lowest BCUT2D eigenvalue weighted by Gasteiger charge is -2.05. The van der Waals surface area contributed by atoms with Crippen molar-refractivity contribution in [1.82, 2.24) is 0 Å². The second kappa shape index (κ2) is 19.4. The van der Waals surface area contributed by atoms with Gasteiger partial charge in [-0.25, -0.2) is 14.4 Å². The van der Waals surface area contributed by atoms with Crippen LogP contribution in [-0.2, 0) is 42.3 Å². The average molecular weight is 562 g/mol. The van der Waals surface area contributed by atoms with E-state index in [-0.39, 0.29) is 31.1 Å². The molecule has 0 bridgehead atoms. The van der Waals surface area contributed by atoms with Crippen LogP contribution in [0.5, 0.6) is 0 Å². The second-order valence-corrected chi connectivity index (χ2v) is 14.9. The Morgan fingerprint density at radius 2 is 1.17 bits per heavy atom. The summed E-state index contributed by atoms with van der Waals surface area (Å²) < 4.78 is 45.6. The first-order valence-corrected chi connectivity index (χ1v) is 16.9. The van der Waals surface area contributed by atoms with E-state index in [9.17, 15) is 28.1 Å². The fourth-order valence-electron chi connectivity index (χ4n) is 1.42. The number of carbonyl (C=O) groups excluding carboxylic acids is 3. The number of unbranched alkanes of at least 4 members (excludes halogenated alkanes) is 1. The summed E-state index contributed by atoms with van der Waals surface area (Å²) in [5, 5.41) is 0. The number of esters is 3. The molecule has 35 heavy (non-hydrogen) atoms. The fourth-order valence-corrected chi connectivity index (χ4v) is 3.01. The molecule has 0 aliphatic heterocycles. The van der Waals surface area contributed by atoms with Crippen LogP contribution in [0.3, 0.4) is 0 Å². The van der Waals surface area contributed by atoms with Gasteiger partial charge in [0, 0.05) is 43.9 Å². The van der Waals surface area contributed by atoms with Crippen LogP contribution in [0.15, 0.2) is 37.5 Å².